The first-order chi connectivity index (χ1) is 11.8. The van der Waals surface area contributed by atoms with E-state index >= 15 is 0 Å². The third-order valence-corrected chi connectivity index (χ3v) is 3.77. The molecule has 0 saturated carbocycles. The van der Waals surface area contributed by atoms with Gasteiger partial charge in [0.25, 0.3) is 0 Å². The van der Waals surface area contributed by atoms with Crippen molar-refractivity contribution in [2.24, 2.45) is 0 Å². The lowest BCUT2D eigenvalue weighted by molar-refractivity contribution is 0.0126. The summed E-state index contributed by atoms with van der Waals surface area (Å²) in [5, 5.41) is 0. The first-order valence-corrected chi connectivity index (χ1v) is 8.71. The summed E-state index contributed by atoms with van der Waals surface area (Å²) >= 11 is 0. The van der Waals surface area contributed by atoms with Crippen LogP contribution >= 0.6 is 0 Å². The van der Waals surface area contributed by atoms with E-state index in [-0.39, 0.29) is 18.2 Å². The monoisotopic (exact) mass is 349 g/mol. The maximum atomic E-state index is 12.1. The first kappa shape index (κ1) is 19.1. The molecule has 138 valence electrons. The first-order valence-electron chi connectivity index (χ1n) is 8.71. The number of hydrogen-bond acceptors (Lipinski definition) is 5. The standard InChI is InChI=1S/C19H27NO5/c1-5-23-17(21)15-8-6-7-9-16(15)24-14-10-12-20(13-11-14)18(22)25-19(2,3)4/h6-9,14H,5,10-13H2,1-4H3. The normalized spacial score (nSPS) is 15.6. The highest BCUT2D eigenvalue weighted by molar-refractivity contribution is 5.92. The highest BCUT2D eigenvalue weighted by Crippen LogP contribution is 2.24. The molecule has 1 aromatic rings. The van der Waals surface area contributed by atoms with Crippen LogP contribution in [0.25, 0.3) is 0 Å². The van der Waals surface area contributed by atoms with Gasteiger partial charge in [0.2, 0.25) is 0 Å². The average molecular weight is 349 g/mol. The molecule has 1 amide bonds. The van der Waals surface area contributed by atoms with Crippen LogP contribution in [0, 0.1) is 0 Å². The number of carbonyl (C=O) groups is 2. The predicted molar refractivity (Wildman–Crippen MR) is 93.9 cm³/mol. The van der Waals surface area contributed by atoms with E-state index in [0.29, 0.717) is 43.9 Å². The number of piperidine rings is 1. The summed E-state index contributed by atoms with van der Waals surface area (Å²) in [7, 11) is 0. The lowest BCUT2D eigenvalue weighted by Gasteiger charge is -2.33. The third-order valence-electron chi connectivity index (χ3n) is 3.77. The highest BCUT2D eigenvalue weighted by atomic mass is 16.6. The molecule has 1 heterocycles. The van der Waals surface area contributed by atoms with Crippen LogP contribution in [0.3, 0.4) is 0 Å². The molecule has 0 aromatic heterocycles. The van der Waals surface area contributed by atoms with Crippen LogP contribution in [0.1, 0.15) is 50.9 Å². The van der Waals surface area contributed by atoms with Crippen molar-refractivity contribution >= 4 is 12.1 Å². The van der Waals surface area contributed by atoms with Gasteiger partial charge in [0.05, 0.1) is 6.61 Å². The molecule has 6 heteroatoms. The van der Waals surface area contributed by atoms with Gasteiger partial charge in [0.15, 0.2) is 0 Å². The molecule has 1 saturated heterocycles. The highest BCUT2D eigenvalue weighted by Gasteiger charge is 2.28. The zero-order valence-corrected chi connectivity index (χ0v) is 15.4. The third kappa shape index (κ3) is 5.66. The van der Waals surface area contributed by atoms with E-state index < -0.39 is 5.60 Å². The second-order valence-electron chi connectivity index (χ2n) is 7.00. The SMILES string of the molecule is CCOC(=O)c1ccccc1OC1CCN(C(=O)OC(C)(C)C)CC1. The summed E-state index contributed by atoms with van der Waals surface area (Å²) in [6, 6.07) is 7.08. The molecule has 0 bridgehead atoms. The van der Waals surface area contributed by atoms with Crippen LogP contribution in [0.4, 0.5) is 4.79 Å². The van der Waals surface area contributed by atoms with Gasteiger partial charge in [-0.3, -0.25) is 0 Å². The Labute approximate surface area is 149 Å². The van der Waals surface area contributed by atoms with E-state index in [4.69, 9.17) is 14.2 Å². The van der Waals surface area contributed by atoms with Crippen molar-refractivity contribution in [1.82, 2.24) is 4.90 Å². The number of ether oxygens (including phenoxy) is 3. The molecule has 0 aliphatic carbocycles. The Morgan fingerprint density at radius 3 is 2.40 bits per heavy atom. The molecule has 6 nitrogen and oxygen atoms in total. The average Bonchev–Trinajstić information content (AvgIpc) is 2.54. The Morgan fingerprint density at radius 1 is 1.16 bits per heavy atom. The Morgan fingerprint density at radius 2 is 1.80 bits per heavy atom. The molecule has 25 heavy (non-hydrogen) atoms. The molecule has 0 atom stereocenters. The van der Waals surface area contributed by atoms with Crippen LogP contribution in [-0.2, 0) is 9.47 Å². The largest absolute Gasteiger partial charge is 0.489 e. The molecule has 0 unspecified atom stereocenters. The van der Waals surface area contributed by atoms with Crippen molar-refractivity contribution in [1.29, 1.82) is 0 Å². The smallest absolute Gasteiger partial charge is 0.410 e. The van der Waals surface area contributed by atoms with E-state index in [2.05, 4.69) is 0 Å². The number of esters is 1. The summed E-state index contributed by atoms with van der Waals surface area (Å²) in [6.07, 6.45) is 1.04. The molecular formula is C19H27NO5. The quantitative estimate of drug-likeness (QED) is 0.777. The number of carbonyl (C=O) groups excluding carboxylic acids is 2. The van der Waals surface area contributed by atoms with Crippen molar-refractivity contribution in [3.05, 3.63) is 29.8 Å². The molecule has 1 aliphatic rings. The number of likely N-dealkylation sites (tertiary alicyclic amines) is 1. The Hall–Kier alpha value is -2.24. The van der Waals surface area contributed by atoms with Gasteiger partial charge in [0, 0.05) is 25.9 Å². The Kier molecular flexibility index (Phi) is 6.28. The van der Waals surface area contributed by atoms with Gasteiger partial charge in [-0.25, -0.2) is 9.59 Å². The fraction of sp³-hybridized carbons (Fsp3) is 0.579. The van der Waals surface area contributed by atoms with E-state index in [1.807, 2.05) is 26.8 Å². The van der Waals surface area contributed by atoms with E-state index in [9.17, 15) is 9.59 Å². The maximum absolute atomic E-state index is 12.1. The van der Waals surface area contributed by atoms with Gasteiger partial charge in [0.1, 0.15) is 23.0 Å². The fourth-order valence-corrected chi connectivity index (χ4v) is 2.61. The minimum atomic E-state index is -0.497. The summed E-state index contributed by atoms with van der Waals surface area (Å²) in [4.78, 5) is 25.8. The minimum Gasteiger partial charge on any atom is -0.489 e. The molecule has 0 spiro atoms. The number of hydrogen-bond donors (Lipinski definition) is 0. The Balaban J connectivity index is 1.92. The van der Waals surface area contributed by atoms with Crippen molar-refractivity contribution in [2.45, 2.75) is 52.2 Å². The number of amides is 1. The van der Waals surface area contributed by atoms with E-state index in [1.54, 1.807) is 30.0 Å². The lowest BCUT2D eigenvalue weighted by atomic mass is 10.1. The zero-order valence-electron chi connectivity index (χ0n) is 15.4. The molecule has 0 radical (unpaired) electrons. The van der Waals surface area contributed by atoms with Gasteiger partial charge >= 0.3 is 12.1 Å². The molecule has 2 rings (SSSR count). The topological polar surface area (TPSA) is 65.1 Å². The van der Waals surface area contributed by atoms with Crippen molar-refractivity contribution in [2.75, 3.05) is 19.7 Å². The fourth-order valence-electron chi connectivity index (χ4n) is 2.61. The number of benzene rings is 1. The second kappa shape index (κ2) is 8.23. The van der Waals surface area contributed by atoms with Crippen molar-refractivity contribution < 1.29 is 23.8 Å². The molecule has 1 aromatic carbocycles. The number of nitrogens with zero attached hydrogens (tertiary/aromatic N) is 1. The number of para-hydroxylation sites is 1. The predicted octanol–water partition coefficient (Wildman–Crippen LogP) is 3.64. The molecule has 1 fully saturated rings. The molecule has 0 N–H and O–H groups in total. The summed E-state index contributed by atoms with van der Waals surface area (Å²) in [5.41, 5.74) is -0.0675. The van der Waals surface area contributed by atoms with E-state index in [0.717, 1.165) is 0 Å². The van der Waals surface area contributed by atoms with Crippen LogP contribution < -0.4 is 4.74 Å². The molecule has 1 aliphatic heterocycles. The minimum absolute atomic E-state index is 0.0470. The van der Waals surface area contributed by atoms with Gasteiger partial charge in [-0.15, -0.1) is 0 Å². The summed E-state index contributed by atoms with van der Waals surface area (Å²) in [5.74, 6) is 0.140. The second-order valence-corrected chi connectivity index (χ2v) is 7.00. The van der Waals surface area contributed by atoms with Gasteiger partial charge in [-0.2, -0.15) is 0 Å². The summed E-state index contributed by atoms with van der Waals surface area (Å²) < 4.78 is 16.5. The van der Waals surface area contributed by atoms with Crippen LogP contribution in [0.15, 0.2) is 24.3 Å². The maximum Gasteiger partial charge on any atom is 0.410 e. The van der Waals surface area contributed by atoms with Crippen LogP contribution in [0.5, 0.6) is 5.75 Å². The molecular weight excluding hydrogens is 322 g/mol. The van der Waals surface area contributed by atoms with Crippen molar-refractivity contribution in [3.63, 3.8) is 0 Å². The number of rotatable bonds is 4. The van der Waals surface area contributed by atoms with Crippen LogP contribution in [-0.4, -0.2) is 48.4 Å². The van der Waals surface area contributed by atoms with Gasteiger partial charge in [-0.1, -0.05) is 12.1 Å². The van der Waals surface area contributed by atoms with Gasteiger partial charge in [-0.05, 0) is 39.8 Å². The lowest BCUT2D eigenvalue weighted by Crippen LogP contribution is -2.44. The van der Waals surface area contributed by atoms with Crippen molar-refractivity contribution in [3.8, 4) is 5.75 Å². The zero-order chi connectivity index (χ0) is 18.4. The van der Waals surface area contributed by atoms with Crippen LogP contribution in [0.2, 0.25) is 0 Å². The summed E-state index contributed by atoms with van der Waals surface area (Å²) in [6.45, 7) is 8.80. The Bertz CT molecular complexity index is 600. The van der Waals surface area contributed by atoms with E-state index in [1.165, 1.54) is 0 Å². The van der Waals surface area contributed by atoms with Gasteiger partial charge < -0.3 is 19.1 Å².